The topological polar surface area (TPSA) is 416 Å². The molecule has 32 N–H and O–H groups in total. The van der Waals surface area contributed by atoms with Crippen molar-refractivity contribution in [1.29, 1.82) is 0 Å². The maximum Gasteiger partial charge on any atom is -0.0195 e. The van der Waals surface area contributed by atoms with Gasteiger partial charge in [0, 0.05) is 0 Å². The largest absolute Gasteiger partial charge is 0.333 e. The van der Waals surface area contributed by atoms with Gasteiger partial charge in [-0.05, 0) is 113 Å². The Morgan fingerprint density at radius 3 is 0.0938 bits per heavy atom. The van der Waals surface area contributed by atoms with E-state index in [4.69, 9.17) is 0 Å². The highest BCUT2D eigenvalue weighted by Crippen LogP contribution is 0.498. The second kappa shape index (κ2) is 63900. The molecule has 16 heteroatoms. The lowest BCUT2D eigenvalue weighted by Gasteiger charge is -1.19. The molecule has 0 aliphatic heterocycles. The molecule has 32 heavy (non-hydrogen) atoms. The molecule has 0 aromatic rings. The van der Waals surface area contributed by atoms with Gasteiger partial charge in [0.1, 0.15) is 0 Å². The molecular formula is C16H80N16. The molecule has 0 amide bonds. The minimum absolute atomic E-state index is 1.50. The van der Waals surface area contributed by atoms with E-state index in [0.29, 0.717) is 0 Å². The number of nitrogens with two attached hydrogens (primary N) is 16. The number of hydrogen-bond acceptors (Lipinski definition) is 16. The molecule has 0 fully saturated rings. The summed E-state index contributed by atoms with van der Waals surface area (Å²) >= 11 is 0. The van der Waals surface area contributed by atoms with Crippen molar-refractivity contribution in [2.24, 2.45) is 91.7 Å². The Morgan fingerprint density at radius 2 is 0.0938 bits per heavy atom. The predicted molar refractivity (Wildman–Crippen MR) is 162 cm³/mol. The molecule has 0 aromatic heterocycles. The molecule has 0 aliphatic rings. The normalized spacial score (nSPS) is 3.00. The van der Waals surface area contributed by atoms with Crippen molar-refractivity contribution < 1.29 is 0 Å². The van der Waals surface area contributed by atoms with Gasteiger partial charge in [-0.15, -0.1) is 0 Å². The zero-order chi connectivity index (χ0) is 32.0. The van der Waals surface area contributed by atoms with E-state index >= 15 is 0 Å². The van der Waals surface area contributed by atoms with E-state index in [-0.39, 0.29) is 0 Å². The van der Waals surface area contributed by atoms with Gasteiger partial charge in [-0.25, -0.2) is 0 Å². The Bertz CT molecular complexity index is 32.0. The van der Waals surface area contributed by atoms with Gasteiger partial charge in [0.15, 0.2) is 0 Å². The van der Waals surface area contributed by atoms with Crippen LogP contribution in [0.2, 0.25) is 0 Å². The standard InChI is InChI=1S/16CH5N/c16*1-2/h16*2H2,1H3. The third-order valence-electron chi connectivity index (χ3n) is 0. The van der Waals surface area contributed by atoms with Crippen molar-refractivity contribution in [2.75, 3.05) is 113 Å². The molecule has 0 rings (SSSR count). The lowest BCUT2D eigenvalue weighted by molar-refractivity contribution is 1.48. The molecule has 0 saturated carbocycles. The van der Waals surface area contributed by atoms with Crippen molar-refractivity contribution in [3.05, 3.63) is 0 Å². The predicted octanol–water partition coefficient (Wildman–Crippen LogP) is -6.80. The highest BCUT2D eigenvalue weighted by atomic mass is 14.4. The zero-order valence-corrected chi connectivity index (χ0v) is 25.2. The van der Waals surface area contributed by atoms with Gasteiger partial charge in [-0.1, -0.05) is 0 Å². The zero-order valence-electron chi connectivity index (χ0n) is 25.2. The van der Waals surface area contributed by atoms with Gasteiger partial charge < -0.3 is 91.7 Å². The van der Waals surface area contributed by atoms with Crippen molar-refractivity contribution >= 4 is 0 Å². The van der Waals surface area contributed by atoms with E-state index in [0.717, 1.165) is 0 Å². The van der Waals surface area contributed by atoms with Crippen LogP contribution in [0.4, 0.5) is 0 Å². The number of rotatable bonds is 0. The fraction of sp³-hybridized carbons (Fsp3) is 1.00. The average Bonchev–Trinajstić information content (AvgIpc) is 3.05. The lowest BCUT2D eigenvalue weighted by atomic mass is 11.6. The highest BCUT2D eigenvalue weighted by Gasteiger charge is 0.866. The molecular weight excluding hydrogens is 416 g/mol. The quantitative estimate of drug-likeness (QED) is 0.148. The Hall–Kier alpha value is -0.640. The van der Waals surface area contributed by atoms with E-state index in [9.17, 15) is 0 Å². The van der Waals surface area contributed by atoms with Crippen LogP contribution in [0.15, 0.2) is 0 Å². The van der Waals surface area contributed by atoms with Crippen molar-refractivity contribution in [3.8, 4) is 0 Å². The first-order valence-corrected chi connectivity index (χ1v) is 9.24. The molecule has 16 nitrogen and oxygen atoms in total. The Morgan fingerprint density at radius 1 is 0.0938 bits per heavy atom. The van der Waals surface area contributed by atoms with Crippen LogP contribution in [0.1, 0.15) is 0 Å². The monoisotopic (exact) mass is 497 g/mol. The smallest absolute Gasteiger partial charge is 0.0195 e. The van der Waals surface area contributed by atoms with E-state index in [1.165, 1.54) is 113 Å². The fourth-order valence-electron chi connectivity index (χ4n) is 0. The minimum atomic E-state index is 1.50. The van der Waals surface area contributed by atoms with Crippen LogP contribution in [0.5, 0.6) is 0 Å². The summed E-state index contributed by atoms with van der Waals surface area (Å²) < 4.78 is 0. The SMILES string of the molecule is CN.CN.CN.CN.CN.CN.CN.CN.CN.CN.CN.CN.CN.CN.CN.CN. The maximum atomic E-state index is 4.50. The second-order valence-electron chi connectivity index (χ2n) is 0. The van der Waals surface area contributed by atoms with Gasteiger partial charge in [0.25, 0.3) is 0 Å². The summed E-state index contributed by atoms with van der Waals surface area (Å²) in [6.45, 7) is 0. The molecule has 0 atom stereocenters. The average molecular weight is 497 g/mol. The Labute approximate surface area is 205 Å². The summed E-state index contributed by atoms with van der Waals surface area (Å²) in [5.74, 6) is 0. The summed E-state index contributed by atoms with van der Waals surface area (Å²) in [5, 5.41) is 0. The second-order valence-corrected chi connectivity index (χ2v) is 0. The molecule has 0 saturated heterocycles. The van der Waals surface area contributed by atoms with E-state index in [1.54, 1.807) is 0 Å². The minimum Gasteiger partial charge on any atom is -0.333 e. The first-order valence-electron chi connectivity index (χ1n) is 9.24. The molecule has 0 unspecified atom stereocenters. The van der Waals surface area contributed by atoms with Gasteiger partial charge in [0.2, 0.25) is 0 Å². The maximum absolute atomic E-state index is 4.50. The third kappa shape index (κ3) is 57700. The lowest BCUT2D eigenvalue weighted by Crippen LogP contribution is -1.69. The first kappa shape index (κ1) is 123. The van der Waals surface area contributed by atoms with Gasteiger partial charge >= 0.3 is 0 Å². The first-order chi connectivity index (χ1) is 16.0. The summed E-state index contributed by atoms with van der Waals surface area (Å²) in [5.41, 5.74) is 72.0. The van der Waals surface area contributed by atoms with E-state index in [1.807, 2.05) is 0 Å². The molecule has 0 aliphatic carbocycles. The van der Waals surface area contributed by atoms with Crippen LogP contribution in [0.25, 0.3) is 0 Å². The van der Waals surface area contributed by atoms with Crippen molar-refractivity contribution in [1.82, 2.24) is 0 Å². The summed E-state index contributed by atoms with van der Waals surface area (Å²) in [4.78, 5) is 0. The third-order valence-corrected chi connectivity index (χ3v) is 0. The molecule has 0 bridgehead atoms. The van der Waals surface area contributed by atoms with Crippen LogP contribution in [0, 0.1) is 0 Å². The van der Waals surface area contributed by atoms with Crippen LogP contribution < -0.4 is 91.7 Å². The van der Waals surface area contributed by atoms with Gasteiger partial charge in [-0.2, -0.15) is 0 Å². The Balaban J connectivity index is -0.00000000610. The summed E-state index contributed by atoms with van der Waals surface area (Å²) in [6.07, 6.45) is 0. The molecule has 0 aromatic carbocycles. The van der Waals surface area contributed by atoms with Crippen LogP contribution in [-0.2, 0) is 0 Å². The highest BCUT2D eigenvalue weighted by molar-refractivity contribution is 3.57. The molecule has 224 valence electrons. The van der Waals surface area contributed by atoms with Crippen LogP contribution in [0.3, 0.4) is 0 Å². The Kier molecular flexibility index (Phi) is 245000. The molecule has 0 spiro atoms. The summed E-state index contributed by atoms with van der Waals surface area (Å²) in [6, 6.07) is 0. The molecule has 0 heterocycles. The van der Waals surface area contributed by atoms with Crippen LogP contribution >= 0.6 is 0 Å². The van der Waals surface area contributed by atoms with Crippen LogP contribution in [-0.4, -0.2) is 113 Å². The van der Waals surface area contributed by atoms with Crippen molar-refractivity contribution in [3.63, 3.8) is 0 Å². The van der Waals surface area contributed by atoms with Gasteiger partial charge in [-0.3, -0.25) is 0 Å². The fourth-order valence-corrected chi connectivity index (χ4v) is 0. The van der Waals surface area contributed by atoms with Gasteiger partial charge in [0.05, 0.1) is 0 Å². The summed E-state index contributed by atoms with van der Waals surface area (Å²) in [7, 11) is 24.0. The number of hydrogen-bond donors (Lipinski definition) is 16. The van der Waals surface area contributed by atoms with Crippen molar-refractivity contribution in [2.45, 2.75) is 0 Å². The van der Waals surface area contributed by atoms with E-state index in [2.05, 4.69) is 91.7 Å². The van der Waals surface area contributed by atoms with E-state index < -0.39 is 0 Å². The molecule has 0 radical (unpaired) electrons.